The molecule has 1 aromatic rings. The van der Waals surface area contributed by atoms with Gasteiger partial charge in [0.2, 0.25) is 0 Å². The van der Waals surface area contributed by atoms with Gasteiger partial charge in [-0.05, 0) is 47.0 Å². The fraction of sp³-hybridized carbons (Fsp3) is 0.500. The third-order valence-corrected chi connectivity index (χ3v) is 3.82. The summed E-state index contributed by atoms with van der Waals surface area (Å²) in [5.74, 6) is -0.292. The summed E-state index contributed by atoms with van der Waals surface area (Å²) < 4.78 is 13.6. The fourth-order valence-corrected chi connectivity index (χ4v) is 2.10. The van der Waals surface area contributed by atoms with Crippen LogP contribution < -0.4 is 5.73 Å². The highest BCUT2D eigenvalue weighted by Crippen LogP contribution is 2.32. The lowest BCUT2D eigenvalue weighted by atomic mass is 9.74. The number of hydrogen-bond acceptors (Lipinski definition) is 2. The molecule has 0 heterocycles. The predicted molar refractivity (Wildman–Crippen MR) is 66.8 cm³/mol. The van der Waals surface area contributed by atoms with Gasteiger partial charge in [-0.25, -0.2) is 4.39 Å². The molecule has 2 unspecified atom stereocenters. The number of benzene rings is 1. The van der Waals surface area contributed by atoms with Crippen LogP contribution in [0.2, 0.25) is 0 Å². The van der Waals surface area contributed by atoms with Crippen molar-refractivity contribution in [3.05, 3.63) is 34.1 Å². The molecule has 90 valence electrons. The van der Waals surface area contributed by atoms with Crippen LogP contribution in [-0.4, -0.2) is 17.8 Å². The van der Waals surface area contributed by atoms with Crippen molar-refractivity contribution in [2.24, 2.45) is 5.73 Å². The van der Waals surface area contributed by atoms with Crippen LogP contribution in [0.3, 0.4) is 0 Å². The average Bonchev–Trinajstić information content (AvgIpc) is 2.22. The van der Waals surface area contributed by atoms with Gasteiger partial charge in [0.25, 0.3) is 0 Å². The van der Waals surface area contributed by atoms with E-state index >= 15 is 0 Å². The lowest BCUT2D eigenvalue weighted by Crippen LogP contribution is -2.41. The molecule has 2 atom stereocenters. The van der Waals surface area contributed by atoms with E-state index in [0.717, 1.165) is 5.56 Å². The number of hydrogen-bond donors (Lipinski definition) is 2. The normalized spacial score (nSPS) is 16.9. The predicted octanol–water partition coefficient (Wildman–Crippen LogP) is 2.58. The van der Waals surface area contributed by atoms with Gasteiger partial charge in [-0.3, -0.25) is 0 Å². The number of rotatable bonds is 4. The van der Waals surface area contributed by atoms with E-state index in [1.165, 1.54) is 6.07 Å². The van der Waals surface area contributed by atoms with Crippen LogP contribution in [0.5, 0.6) is 0 Å². The Labute approximate surface area is 104 Å². The second kappa shape index (κ2) is 5.25. The van der Waals surface area contributed by atoms with Crippen molar-refractivity contribution in [1.29, 1.82) is 0 Å². The second-order valence-corrected chi connectivity index (χ2v) is 5.16. The van der Waals surface area contributed by atoms with E-state index in [0.29, 0.717) is 10.9 Å². The van der Waals surface area contributed by atoms with Crippen molar-refractivity contribution in [3.8, 4) is 0 Å². The summed E-state index contributed by atoms with van der Waals surface area (Å²) in [5.41, 5.74) is 6.55. The highest BCUT2D eigenvalue weighted by molar-refractivity contribution is 9.10. The highest BCUT2D eigenvalue weighted by Gasteiger charge is 2.30. The lowest BCUT2D eigenvalue weighted by molar-refractivity contribution is 0.229. The van der Waals surface area contributed by atoms with E-state index < -0.39 is 0 Å². The SMILES string of the molecule is CC(N)C(C)(CCO)c1ccc(F)c(Br)c1. The van der Waals surface area contributed by atoms with Crippen LogP contribution in [0.4, 0.5) is 4.39 Å². The molecule has 0 aliphatic carbocycles. The fourth-order valence-electron chi connectivity index (χ4n) is 1.72. The van der Waals surface area contributed by atoms with Crippen LogP contribution in [-0.2, 0) is 5.41 Å². The van der Waals surface area contributed by atoms with Crippen molar-refractivity contribution in [3.63, 3.8) is 0 Å². The van der Waals surface area contributed by atoms with E-state index in [1.54, 1.807) is 12.1 Å². The van der Waals surface area contributed by atoms with E-state index in [9.17, 15) is 4.39 Å². The number of nitrogens with two attached hydrogens (primary N) is 1. The van der Waals surface area contributed by atoms with Gasteiger partial charge in [0.15, 0.2) is 0 Å². The van der Waals surface area contributed by atoms with Crippen LogP contribution in [0.1, 0.15) is 25.8 Å². The molecule has 0 aliphatic rings. The van der Waals surface area contributed by atoms with Gasteiger partial charge in [-0.15, -0.1) is 0 Å². The summed E-state index contributed by atoms with van der Waals surface area (Å²) in [4.78, 5) is 0. The van der Waals surface area contributed by atoms with Gasteiger partial charge < -0.3 is 10.8 Å². The first-order valence-electron chi connectivity index (χ1n) is 5.24. The maximum atomic E-state index is 13.1. The van der Waals surface area contributed by atoms with E-state index in [1.807, 2.05) is 13.8 Å². The van der Waals surface area contributed by atoms with Gasteiger partial charge in [0.05, 0.1) is 4.47 Å². The Kier molecular flexibility index (Phi) is 4.47. The Morgan fingerprint density at radius 1 is 1.56 bits per heavy atom. The van der Waals surface area contributed by atoms with Crippen molar-refractivity contribution in [1.82, 2.24) is 0 Å². The molecule has 0 radical (unpaired) electrons. The molecular formula is C12H17BrFNO. The van der Waals surface area contributed by atoms with Crippen molar-refractivity contribution in [2.75, 3.05) is 6.61 Å². The van der Waals surface area contributed by atoms with Crippen LogP contribution in [0.25, 0.3) is 0 Å². The van der Waals surface area contributed by atoms with Crippen LogP contribution in [0, 0.1) is 5.82 Å². The molecule has 2 nitrogen and oxygen atoms in total. The molecule has 0 amide bonds. The maximum absolute atomic E-state index is 13.1. The highest BCUT2D eigenvalue weighted by atomic mass is 79.9. The Bertz CT molecular complexity index is 370. The molecule has 0 spiro atoms. The number of halogens is 2. The largest absolute Gasteiger partial charge is 0.396 e. The zero-order chi connectivity index (χ0) is 12.3. The van der Waals surface area contributed by atoms with Crippen LogP contribution in [0.15, 0.2) is 22.7 Å². The van der Waals surface area contributed by atoms with Gasteiger partial charge in [-0.2, -0.15) is 0 Å². The molecule has 1 aromatic carbocycles. The standard InChI is InChI=1S/C12H17BrFNO/c1-8(15)12(2,5-6-16)9-3-4-11(14)10(13)7-9/h3-4,7-8,16H,5-6,15H2,1-2H3. The zero-order valence-electron chi connectivity index (χ0n) is 9.50. The smallest absolute Gasteiger partial charge is 0.137 e. The molecule has 0 aromatic heterocycles. The topological polar surface area (TPSA) is 46.2 Å². The summed E-state index contributed by atoms with van der Waals surface area (Å²) in [5, 5.41) is 9.09. The Morgan fingerprint density at radius 3 is 2.62 bits per heavy atom. The summed E-state index contributed by atoms with van der Waals surface area (Å²) in [6.45, 7) is 3.94. The minimum Gasteiger partial charge on any atom is -0.396 e. The molecule has 0 fully saturated rings. The Hall–Kier alpha value is -0.450. The summed E-state index contributed by atoms with van der Waals surface area (Å²) in [7, 11) is 0. The van der Waals surface area contributed by atoms with E-state index in [4.69, 9.17) is 10.8 Å². The molecule has 0 aliphatic heterocycles. The third kappa shape index (κ3) is 2.62. The monoisotopic (exact) mass is 289 g/mol. The minimum atomic E-state index is -0.342. The first kappa shape index (κ1) is 13.6. The van der Waals surface area contributed by atoms with Gasteiger partial charge in [0.1, 0.15) is 5.82 Å². The molecule has 0 saturated heterocycles. The first-order valence-corrected chi connectivity index (χ1v) is 6.03. The molecule has 0 bridgehead atoms. The molecular weight excluding hydrogens is 273 g/mol. The molecule has 1 rings (SSSR count). The zero-order valence-corrected chi connectivity index (χ0v) is 11.1. The van der Waals surface area contributed by atoms with Gasteiger partial charge >= 0.3 is 0 Å². The Morgan fingerprint density at radius 2 is 2.19 bits per heavy atom. The van der Waals surface area contributed by atoms with Crippen molar-refractivity contribution >= 4 is 15.9 Å². The Balaban J connectivity index is 3.16. The summed E-state index contributed by atoms with van der Waals surface area (Å²) in [6.07, 6.45) is 0.558. The van der Waals surface area contributed by atoms with E-state index in [-0.39, 0.29) is 23.9 Å². The molecule has 4 heteroatoms. The second-order valence-electron chi connectivity index (χ2n) is 4.31. The first-order chi connectivity index (χ1) is 7.41. The summed E-state index contributed by atoms with van der Waals surface area (Å²) in [6, 6.07) is 4.75. The van der Waals surface area contributed by atoms with Crippen LogP contribution >= 0.6 is 15.9 Å². The molecule has 3 N–H and O–H groups in total. The van der Waals surface area contributed by atoms with E-state index in [2.05, 4.69) is 15.9 Å². The minimum absolute atomic E-state index is 0.0625. The average molecular weight is 290 g/mol. The van der Waals surface area contributed by atoms with Gasteiger partial charge in [0, 0.05) is 18.1 Å². The molecule has 0 saturated carbocycles. The van der Waals surface area contributed by atoms with Crippen molar-refractivity contribution < 1.29 is 9.50 Å². The quantitative estimate of drug-likeness (QED) is 0.895. The maximum Gasteiger partial charge on any atom is 0.137 e. The number of aliphatic hydroxyl groups excluding tert-OH is 1. The summed E-state index contributed by atoms with van der Waals surface area (Å²) >= 11 is 3.16. The molecule has 16 heavy (non-hydrogen) atoms. The lowest BCUT2D eigenvalue weighted by Gasteiger charge is -2.33. The number of aliphatic hydroxyl groups is 1. The van der Waals surface area contributed by atoms with Crippen molar-refractivity contribution in [2.45, 2.75) is 31.7 Å². The van der Waals surface area contributed by atoms with Gasteiger partial charge in [-0.1, -0.05) is 13.0 Å². The third-order valence-electron chi connectivity index (χ3n) is 3.22.